The molecule has 3 N–H and O–H groups in total. The first-order valence-corrected chi connectivity index (χ1v) is 14.3. The maximum absolute atomic E-state index is 13.9. The van der Waals surface area contributed by atoms with E-state index >= 15 is 0 Å². The van der Waals surface area contributed by atoms with Gasteiger partial charge in [0.15, 0.2) is 5.60 Å². The number of nitrogens with zero attached hydrogens (tertiary/aromatic N) is 5. The van der Waals surface area contributed by atoms with Gasteiger partial charge in [-0.05, 0) is 41.0 Å². The number of hydrogen-bond acceptors (Lipinski definition) is 9. The summed E-state index contributed by atoms with van der Waals surface area (Å²) in [6, 6.07) is 11.9. The van der Waals surface area contributed by atoms with Crippen molar-refractivity contribution in [2.45, 2.75) is 43.1 Å². The number of aromatic nitrogens is 3. The molecule has 5 heterocycles. The Morgan fingerprint density at radius 2 is 1.23 bits per heavy atom. The standard InChI is InChI=1S/C24H25N5O2.3C2HF3O2/c30-23-24(31-12-11-29(23)16-19-5-9-25-10-6-19)18-28(15-20-3-1-7-26-13-20)17-22(24)21-4-2-8-27-14-21;3*3-2(4,5)1(6)7/h1-10,13-14,22H,11-12,15-18H2;3*(H,6,7). The number of alkyl halides is 9. The van der Waals surface area contributed by atoms with Gasteiger partial charge >= 0.3 is 36.4 Å². The normalized spacial score (nSPS) is 18.9. The summed E-state index contributed by atoms with van der Waals surface area (Å²) in [5.41, 5.74) is 2.33. The minimum Gasteiger partial charge on any atom is -0.475 e. The Kier molecular flexibility index (Phi) is 15.0. The van der Waals surface area contributed by atoms with Crippen LogP contribution in [0.15, 0.2) is 73.6 Å². The number of pyridine rings is 3. The van der Waals surface area contributed by atoms with Crippen LogP contribution in [-0.4, -0.2) is 114 Å². The number of carbonyl (C=O) groups excluding carboxylic acids is 1. The number of morpholine rings is 1. The van der Waals surface area contributed by atoms with Crippen LogP contribution in [0, 0.1) is 0 Å². The molecule has 0 saturated carbocycles. The maximum atomic E-state index is 13.9. The number of halogens is 9. The summed E-state index contributed by atoms with van der Waals surface area (Å²) >= 11 is 0. The van der Waals surface area contributed by atoms with E-state index in [9.17, 15) is 44.3 Å². The number of aliphatic carboxylic acids is 3. The molecule has 3 aromatic heterocycles. The van der Waals surface area contributed by atoms with Crippen LogP contribution in [0.2, 0.25) is 0 Å². The molecule has 2 unspecified atom stereocenters. The second kappa shape index (κ2) is 18.2. The number of likely N-dealkylation sites (tertiary alicyclic amines) is 1. The zero-order valence-corrected chi connectivity index (χ0v) is 26.3. The van der Waals surface area contributed by atoms with Gasteiger partial charge in [-0.25, -0.2) is 14.4 Å². The SMILES string of the molecule is O=C(O)C(F)(F)F.O=C(O)C(F)(F)F.O=C(O)C(F)(F)F.O=C1N(Cc2ccncc2)CCOC12CN(Cc1cccnc1)CC2c1cccnc1. The molecule has 0 aromatic carbocycles. The van der Waals surface area contributed by atoms with Crippen molar-refractivity contribution < 1.29 is 78.7 Å². The van der Waals surface area contributed by atoms with Crippen molar-refractivity contribution in [3.8, 4) is 0 Å². The number of carbonyl (C=O) groups is 4. The molecule has 3 aromatic rings. The van der Waals surface area contributed by atoms with Crippen LogP contribution in [-0.2, 0) is 37.0 Å². The van der Waals surface area contributed by atoms with E-state index in [0.29, 0.717) is 26.2 Å². The fourth-order valence-electron chi connectivity index (χ4n) is 4.73. The molecule has 2 saturated heterocycles. The first-order chi connectivity index (χ1) is 24.1. The Bertz CT molecular complexity index is 1560. The Hall–Kier alpha value is -5.38. The van der Waals surface area contributed by atoms with E-state index in [1.807, 2.05) is 47.6 Å². The Morgan fingerprint density at radius 3 is 1.67 bits per heavy atom. The average molecular weight is 758 g/mol. The maximum Gasteiger partial charge on any atom is 0.490 e. The third kappa shape index (κ3) is 13.1. The van der Waals surface area contributed by atoms with Gasteiger partial charge in [-0.2, -0.15) is 39.5 Å². The number of rotatable bonds is 5. The minimum atomic E-state index is -5.08. The largest absolute Gasteiger partial charge is 0.490 e. The van der Waals surface area contributed by atoms with E-state index in [0.717, 1.165) is 29.8 Å². The molecular weight excluding hydrogens is 729 g/mol. The van der Waals surface area contributed by atoms with Crippen LogP contribution in [0.25, 0.3) is 0 Å². The van der Waals surface area contributed by atoms with Crippen molar-refractivity contribution in [2.24, 2.45) is 0 Å². The summed E-state index contributed by atoms with van der Waals surface area (Å²) in [6.45, 7) is 3.68. The fraction of sp³-hybridized carbons (Fsp3) is 0.367. The first kappa shape index (κ1) is 42.8. The van der Waals surface area contributed by atoms with Crippen molar-refractivity contribution in [1.82, 2.24) is 24.8 Å². The molecule has 1 spiro atoms. The third-order valence-electron chi connectivity index (χ3n) is 6.90. The van der Waals surface area contributed by atoms with Gasteiger partial charge in [0.2, 0.25) is 0 Å². The number of ether oxygens (including phenoxy) is 1. The molecule has 284 valence electrons. The van der Waals surface area contributed by atoms with Crippen LogP contribution in [0.5, 0.6) is 0 Å². The van der Waals surface area contributed by atoms with Crippen molar-refractivity contribution in [3.63, 3.8) is 0 Å². The lowest BCUT2D eigenvalue weighted by molar-refractivity contribution is -0.193. The highest BCUT2D eigenvalue weighted by Gasteiger charge is 2.57. The summed E-state index contributed by atoms with van der Waals surface area (Å²) < 4.78 is 102. The summed E-state index contributed by atoms with van der Waals surface area (Å²) in [6.07, 6.45) is -4.45. The zero-order chi connectivity index (χ0) is 39.3. The molecule has 22 heteroatoms. The zero-order valence-electron chi connectivity index (χ0n) is 26.3. The lowest BCUT2D eigenvalue weighted by Crippen LogP contribution is -2.59. The number of amides is 1. The number of hydrogen-bond donors (Lipinski definition) is 3. The molecule has 0 aliphatic carbocycles. The van der Waals surface area contributed by atoms with Gasteiger partial charge in [0.25, 0.3) is 5.91 Å². The number of carboxylic acid groups (broad SMARTS) is 3. The van der Waals surface area contributed by atoms with E-state index < -0.39 is 42.0 Å². The van der Waals surface area contributed by atoms with Gasteiger partial charge < -0.3 is 25.0 Å². The Balaban J connectivity index is 0.000000365. The smallest absolute Gasteiger partial charge is 0.475 e. The van der Waals surface area contributed by atoms with Crippen LogP contribution in [0.3, 0.4) is 0 Å². The first-order valence-electron chi connectivity index (χ1n) is 14.3. The average Bonchev–Trinajstić information content (AvgIpc) is 3.42. The topological polar surface area (TPSA) is 183 Å². The molecule has 52 heavy (non-hydrogen) atoms. The summed E-state index contributed by atoms with van der Waals surface area (Å²) in [5, 5.41) is 21.4. The highest BCUT2D eigenvalue weighted by molar-refractivity contribution is 5.88. The fourth-order valence-corrected chi connectivity index (χ4v) is 4.73. The van der Waals surface area contributed by atoms with Crippen LogP contribution < -0.4 is 0 Å². The summed E-state index contributed by atoms with van der Waals surface area (Å²) in [5.74, 6) is -8.30. The second-order valence-electron chi connectivity index (χ2n) is 10.6. The van der Waals surface area contributed by atoms with Gasteiger partial charge in [0, 0.05) is 75.8 Å². The minimum absolute atomic E-state index is 0.0538. The van der Waals surface area contributed by atoms with Gasteiger partial charge in [0.1, 0.15) is 0 Å². The van der Waals surface area contributed by atoms with Crippen LogP contribution >= 0.6 is 0 Å². The third-order valence-corrected chi connectivity index (χ3v) is 6.90. The van der Waals surface area contributed by atoms with Crippen molar-refractivity contribution >= 4 is 23.8 Å². The predicted molar refractivity (Wildman–Crippen MR) is 156 cm³/mol. The molecule has 2 aliphatic rings. The Morgan fingerprint density at radius 1 is 0.731 bits per heavy atom. The highest BCUT2D eigenvalue weighted by Crippen LogP contribution is 2.42. The van der Waals surface area contributed by atoms with Gasteiger partial charge in [-0.3, -0.25) is 24.6 Å². The quantitative estimate of drug-likeness (QED) is 0.317. The molecule has 0 radical (unpaired) electrons. The van der Waals surface area contributed by atoms with Gasteiger partial charge in [-0.15, -0.1) is 0 Å². The second-order valence-corrected chi connectivity index (χ2v) is 10.6. The lowest BCUT2D eigenvalue weighted by Gasteiger charge is -2.42. The molecule has 0 bridgehead atoms. The molecule has 2 fully saturated rings. The molecule has 5 rings (SSSR count). The highest BCUT2D eigenvalue weighted by atomic mass is 19.4. The van der Waals surface area contributed by atoms with Gasteiger partial charge in [0.05, 0.1) is 6.61 Å². The van der Waals surface area contributed by atoms with E-state index in [1.165, 1.54) is 0 Å². The summed E-state index contributed by atoms with van der Waals surface area (Å²) in [4.78, 5) is 57.4. The Labute approximate surface area is 287 Å². The van der Waals surface area contributed by atoms with Gasteiger partial charge in [-0.1, -0.05) is 12.1 Å². The van der Waals surface area contributed by atoms with E-state index in [-0.39, 0.29) is 11.8 Å². The molecule has 2 atom stereocenters. The van der Waals surface area contributed by atoms with Crippen molar-refractivity contribution in [1.29, 1.82) is 0 Å². The van der Waals surface area contributed by atoms with Crippen molar-refractivity contribution in [2.75, 3.05) is 26.2 Å². The van der Waals surface area contributed by atoms with Crippen LogP contribution in [0.1, 0.15) is 22.6 Å². The van der Waals surface area contributed by atoms with E-state index in [1.54, 1.807) is 24.8 Å². The lowest BCUT2D eigenvalue weighted by atomic mass is 9.83. The van der Waals surface area contributed by atoms with E-state index in [2.05, 4.69) is 25.9 Å². The number of carboxylic acids is 3. The molecule has 1 amide bonds. The van der Waals surface area contributed by atoms with Crippen molar-refractivity contribution in [3.05, 3.63) is 90.3 Å². The van der Waals surface area contributed by atoms with E-state index in [4.69, 9.17) is 34.4 Å². The monoisotopic (exact) mass is 757 g/mol. The predicted octanol–water partition coefficient (Wildman–Crippen LogP) is 4.17. The summed E-state index contributed by atoms with van der Waals surface area (Å²) in [7, 11) is 0. The van der Waals surface area contributed by atoms with Crippen LogP contribution in [0.4, 0.5) is 39.5 Å². The molecule has 2 aliphatic heterocycles. The molecular formula is C30H28F9N5O8. The molecule has 13 nitrogen and oxygen atoms in total.